The third kappa shape index (κ3) is 6.40. The summed E-state index contributed by atoms with van der Waals surface area (Å²) >= 11 is 3.47. The van der Waals surface area contributed by atoms with Crippen LogP contribution in [-0.4, -0.2) is 18.4 Å². The molecule has 0 aliphatic carbocycles. The van der Waals surface area contributed by atoms with Gasteiger partial charge in [-0.3, -0.25) is 20.4 Å². The predicted octanol–water partition coefficient (Wildman–Crippen LogP) is 3.82. The molecule has 5 nitrogen and oxygen atoms in total. The number of rotatable bonds is 5. The Morgan fingerprint density at radius 3 is 2.33 bits per heavy atom. The number of benzene rings is 2. The van der Waals surface area contributed by atoms with Crippen molar-refractivity contribution in [2.24, 2.45) is 0 Å². The summed E-state index contributed by atoms with van der Waals surface area (Å²) in [5.41, 5.74) is 7.92. The molecule has 2 aromatic carbocycles. The zero-order valence-electron chi connectivity index (χ0n) is 16.1. The summed E-state index contributed by atoms with van der Waals surface area (Å²) in [6, 6.07) is 13.4. The normalized spacial score (nSPS) is 11.0. The van der Waals surface area contributed by atoms with E-state index in [0.717, 1.165) is 21.2 Å². The third-order valence-electron chi connectivity index (χ3n) is 4.11. The number of amides is 2. The number of hydrogen-bond acceptors (Lipinski definition) is 3. The average Bonchev–Trinajstić information content (AvgIpc) is 2.60. The molecule has 0 atom stereocenters. The fraction of sp³-hybridized carbons (Fsp3) is 0.333. The summed E-state index contributed by atoms with van der Waals surface area (Å²) in [5.74, 6) is -0.141. The average molecular weight is 433 g/mol. The van der Waals surface area contributed by atoms with Gasteiger partial charge in [-0.2, -0.15) is 0 Å². The summed E-state index contributed by atoms with van der Waals surface area (Å²) in [6.45, 7) is 8.13. The van der Waals surface area contributed by atoms with Gasteiger partial charge in [-0.15, -0.1) is 0 Å². The van der Waals surface area contributed by atoms with Crippen LogP contribution in [0, 0.1) is 6.92 Å². The smallest absolute Gasteiger partial charge is 0.276 e. The fourth-order valence-corrected chi connectivity index (χ4v) is 2.92. The van der Waals surface area contributed by atoms with Crippen LogP contribution >= 0.6 is 15.9 Å². The maximum absolute atomic E-state index is 12.0. The largest absolute Gasteiger partial charge is 0.483 e. The van der Waals surface area contributed by atoms with E-state index < -0.39 is 5.91 Å². The van der Waals surface area contributed by atoms with Crippen LogP contribution < -0.4 is 15.6 Å². The summed E-state index contributed by atoms with van der Waals surface area (Å²) in [4.78, 5) is 23.9. The van der Waals surface area contributed by atoms with Gasteiger partial charge in [0.2, 0.25) is 5.91 Å². The lowest BCUT2D eigenvalue weighted by Crippen LogP contribution is -2.44. The van der Waals surface area contributed by atoms with E-state index in [1.165, 1.54) is 0 Å². The van der Waals surface area contributed by atoms with E-state index in [1.54, 1.807) is 0 Å². The Kier molecular flexibility index (Phi) is 7.02. The molecule has 0 unspecified atom stereocenters. The highest BCUT2D eigenvalue weighted by Gasteiger charge is 2.16. The van der Waals surface area contributed by atoms with Gasteiger partial charge in [-0.05, 0) is 57.1 Å². The maximum atomic E-state index is 12.0. The first kappa shape index (κ1) is 21.0. The molecule has 0 fully saturated rings. The van der Waals surface area contributed by atoms with Crippen molar-refractivity contribution in [3.63, 3.8) is 0 Å². The van der Waals surface area contributed by atoms with Gasteiger partial charge in [0.15, 0.2) is 6.61 Å². The van der Waals surface area contributed by atoms with Crippen molar-refractivity contribution in [1.82, 2.24) is 10.9 Å². The van der Waals surface area contributed by atoms with Gasteiger partial charge in [-0.25, -0.2) is 0 Å². The van der Waals surface area contributed by atoms with Crippen molar-refractivity contribution < 1.29 is 14.3 Å². The number of halogens is 1. The molecule has 27 heavy (non-hydrogen) atoms. The zero-order valence-corrected chi connectivity index (χ0v) is 17.6. The molecule has 0 saturated heterocycles. The van der Waals surface area contributed by atoms with Gasteiger partial charge in [0.25, 0.3) is 5.91 Å². The monoisotopic (exact) mass is 432 g/mol. The minimum Gasteiger partial charge on any atom is -0.483 e. The standard InChI is InChI=1S/C21H25BrN2O3/c1-14-7-5-6-8-15(14)11-19(25)23-24-20(26)13-27-18-10-9-16(12-17(18)22)21(2,3)4/h5-10,12H,11,13H2,1-4H3,(H,23,25)(H,24,26). The summed E-state index contributed by atoms with van der Waals surface area (Å²) in [6.07, 6.45) is 0.202. The molecule has 0 aromatic heterocycles. The van der Waals surface area contributed by atoms with Crippen molar-refractivity contribution in [3.05, 3.63) is 63.6 Å². The van der Waals surface area contributed by atoms with Crippen molar-refractivity contribution in [2.45, 2.75) is 39.5 Å². The Bertz CT molecular complexity index is 828. The SMILES string of the molecule is Cc1ccccc1CC(=O)NNC(=O)COc1ccc(C(C)(C)C)cc1Br. The molecule has 0 spiro atoms. The summed E-state index contributed by atoms with van der Waals surface area (Å²) in [7, 11) is 0. The second-order valence-corrected chi connectivity index (χ2v) is 8.24. The third-order valence-corrected chi connectivity index (χ3v) is 4.73. The molecular weight excluding hydrogens is 408 g/mol. The molecule has 6 heteroatoms. The summed E-state index contributed by atoms with van der Waals surface area (Å²) < 4.78 is 6.31. The van der Waals surface area contributed by atoms with E-state index in [2.05, 4.69) is 47.6 Å². The predicted molar refractivity (Wildman–Crippen MR) is 110 cm³/mol. The number of ether oxygens (including phenoxy) is 1. The molecule has 0 radical (unpaired) electrons. The van der Waals surface area contributed by atoms with Gasteiger partial charge < -0.3 is 4.74 Å². The Hall–Kier alpha value is -2.34. The molecule has 0 aliphatic heterocycles. The molecule has 0 saturated carbocycles. The summed E-state index contributed by atoms with van der Waals surface area (Å²) in [5, 5.41) is 0. The minimum atomic E-state index is -0.431. The van der Waals surface area contributed by atoms with Crippen LogP contribution in [0.3, 0.4) is 0 Å². The molecule has 2 amide bonds. The van der Waals surface area contributed by atoms with Crippen molar-refractivity contribution in [2.75, 3.05) is 6.61 Å². The number of carbonyl (C=O) groups is 2. The molecule has 0 bridgehead atoms. The van der Waals surface area contributed by atoms with E-state index in [4.69, 9.17) is 4.74 Å². The van der Waals surface area contributed by atoms with Crippen molar-refractivity contribution in [3.8, 4) is 5.75 Å². The molecular formula is C21H25BrN2O3. The number of hydrogen-bond donors (Lipinski definition) is 2. The van der Waals surface area contributed by atoms with E-state index in [-0.39, 0.29) is 24.3 Å². The van der Waals surface area contributed by atoms with Gasteiger partial charge in [0.1, 0.15) is 5.75 Å². The van der Waals surface area contributed by atoms with Crippen LogP contribution in [0.1, 0.15) is 37.5 Å². The lowest BCUT2D eigenvalue weighted by Gasteiger charge is -2.20. The Balaban J connectivity index is 1.81. The van der Waals surface area contributed by atoms with Crippen LogP contribution in [0.4, 0.5) is 0 Å². The topological polar surface area (TPSA) is 67.4 Å². The molecule has 2 N–H and O–H groups in total. The second kappa shape index (κ2) is 9.04. The first-order valence-electron chi connectivity index (χ1n) is 8.72. The van der Waals surface area contributed by atoms with Gasteiger partial charge in [-0.1, -0.05) is 51.1 Å². The highest BCUT2D eigenvalue weighted by atomic mass is 79.9. The van der Waals surface area contributed by atoms with E-state index in [9.17, 15) is 9.59 Å². The van der Waals surface area contributed by atoms with Gasteiger partial charge >= 0.3 is 0 Å². The van der Waals surface area contributed by atoms with Gasteiger partial charge in [0, 0.05) is 0 Å². The molecule has 144 valence electrons. The van der Waals surface area contributed by atoms with E-state index in [0.29, 0.717) is 5.75 Å². The van der Waals surface area contributed by atoms with Crippen molar-refractivity contribution in [1.29, 1.82) is 0 Å². The molecule has 0 heterocycles. The molecule has 2 aromatic rings. The quantitative estimate of drug-likeness (QED) is 0.705. The number of hydrazine groups is 1. The molecule has 2 rings (SSSR count). The number of aryl methyl sites for hydroxylation is 1. The van der Waals surface area contributed by atoms with Gasteiger partial charge in [0.05, 0.1) is 10.9 Å². The molecule has 0 aliphatic rings. The first-order valence-corrected chi connectivity index (χ1v) is 9.51. The number of carbonyl (C=O) groups excluding carboxylic acids is 2. The lowest BCUT2D eigenvalue weighted by atomic mass is 9.87. The van der Waals surface area contributed by atoms with E-state index in [1.807, 2.05) is 49.4 Å². The van der Waals surface area contributed by atoms with Crippen LogP contribution in [0.25, 0.3) is 0 Å². The highest BCUT2D eigenvalue weighted by molar-refractivity contribution is 9.10. The fourth-order valence-electron chi connectivity index (χ4n) is 2.43. The lowest BCUT2D eigenvalue weighted by molar-refractivity contribution is -0.129. The van der Waals surface area contributed by atoms with E-state index >= 15 is 0 Å². The Morgan fingerprint density at radius 1 is 1.04 bits per heavy atom. The van der Waals surface area contributed by atoms with Crippen LogP contribution in [0.15, 0.2) is 46.9 Å². The Labute approximate surface area is 168 Å². The minimum absolute atomic E-state index is 0.0276. The van der Waals surface area contributed by atoms with Crippen LogP contribution in [0.5, 0.6) is 5.75 Å². The maximum Gasteiger partial charge on any atom is 0.276 e. The number of nitrogens with one attached hydrogen (secondary N) is 2. The van der Waals surface area contributed by atoms with Crippen LogP contribution in [-0.2, 0) is 21.4 Å². The van der Waals surface area contributed by atoms with Crippen molar-refractivity contribution >= 4 is 27.7 Å². The highest BCUT2D eigenvalue weighted by Crippen LogP contribution is 2.31. The zero-order chi connectivity index (χ0) is 20.0. The first-order chi connectivity index (χ1) is 12.7. The second-order valence-electron chi connectivity index (χ2n) is 7.38. The Morgan fingerprint density at radius 2 is 1.70 bits per heavy atom. The van der Waals surface area contributed by atoms with Crippen LogP contribution in [0.2, 0.25) is 0 Å².